The monoisotopic (exact) mass is 384 g/mol. The number of hydrogen-bond donors (Lipinski definition) is 3. The molecule has 2 N–H and O–H groups in total. The summed E-state index contributed by atoms with van der Waals surface area (Å²) in [6, 6.07) is 17.9. The summed E-state index contributed by atoms with van der Waals surface area (Å²) in [5, 5.41) is 3.50. The predicted octanol–water partition coefficient (Wildman–Crippen LogP) is 2.74. The SMILES string of the molecule is CNC1Cc2ccc(CC3(N[SH](=O)=O)CCC3)cc2C1Cc1ccccc1. The minimum atomic E-state index is -2.56. The summed E-state index contributed by atoms with van der Waals surface area (Å²) in [4.78, 5) is 0. The van der Waals surface area contributed by atoms with Gasteiger partial charge in [0.25, 0.3) is 0 Å². The molecule has 0 amide bonds. The van der Waals surface area contributed by atoms with Crippen LogP contribution in [0, 0.1) is 0 Å². The maximum Gasteiger partial charge on any atom is 0.201 e. The summed E-state index contributed by atoms with van der Waals surface area (Å²) < 4.78 is 25.3. The fourth-order valence-corrected chi connectivity index (χ4v) is 5.51. The quantitative estimate of drug-likeness (QED) is 0.644. The van der Waals surface area contributed by atoms with Crippen LogP contribution in [0.15, 0.2) is 48.5 Å². The highest BCUT2D eigenvalue weighted by molar-refractivity contribution is 7.70. The van der Waals surface area contributed by atoms with Crippen LogP contribution in [-0.4, -0.2) is 27.0 Å². The molecule has 27 heavy (non-hydrogen) atoms. The van der Waals surface area contributed by atoms with Crippen LogP contribution in [0.25, 0.3) is 0 Å². The van der Waals surface area contributed by atoms with Crippen LogP contribution in [0.2, 0.25) is 0 Å². The van der Waals surface area contributed by atoms with Gasteiger partial charge in [-0.3, -0.25) is 0 Å². The van der Waals surface area contributed by atoms with Gasteiger partial charge in [-0.2, -0.15) is 0 Å². The topological polar surface area (TPSA) is 58.2 Å². The molecular weight excluding hydrogens is 356 g/mol. The van der Waals surface area contributed by atoms with Crippen molar-refractivity contribution in [1.82, 2.24) is 10.0 Å². The first kappa shape index (κ1) is 18.7. The number of likely N-dealkylation sites (N-methyl/N-ethyl adjacent to an activating group) is 1. The molecule has 0 saturated heterocycles. The van der Waals surface area contributed by atoms with Crippen LogP contribution < -0.4 is 10.0 Å². The number of fused-ring (bicyclic) bond motifs is 1. The number of thiol groups is 1. The lowest BCUT2D eigenvalue weighted by molar-refractivity contribution is 0.222. The van der Waals surface area contributed by atoms with E-state index in [4.69, 9.17) is 0 Å². The van der Waals surface area contributed by atoms with Gasteiger partial charge in [-0.05, 0) is 67.8 Å². The largest absolute Gasteiger partial charge is 0.316 e. The molecule has 4 rings (SSSR count). The molecule has 2 aromatic rings. The van der Waals surface area contributed by atoms with Crippen molar-refractivity contribution in [2.45, 2.75) is 56.0 Å². The summed E-state index contributed by atoms with van der Waals surface area (Å²) in [7, 11) is -0.507. The first-order valence-corrected chi connectivity index (χ1v) is 11.0. The first-order valence-electron chi connectivity index (χ1n) is 9.84. The van der Waals surface area contributed by atoms with Crippen molar-refractivity contribution in [2.75, 3.05) is 7.05 Å². The Hall–Kier alpha value is -1.69. The van der Waals surface area contributed by atoms with Gasteiger partial charge in [-0.15, -0.1) is 0 Å². The Labute approximate surface area is 163 Å². The van der Waals surface area contributed by atoms with Crippen molar-refractivity contribution in [3.63, 3.8) is 0 Å². The maximum absolute atomic E-state index is 11.2. The third kappa shape index (κ3) is 3.96. The van der Waals surface area contributed by atoms with E-state index < -0.39 is 10.9 Å². The van der Waals surface area contributed by atoms with Gasteiger partial charge in [0.1, 0.15) is 0 Å². The van der Waals surface area contributed by atoms with Crippen LogP contribution in [-0.2, 0) is 30.2 Å². The molecule has 5 heteroatoms. The van der Waals surface area contributed by atoms with E-state index in [1.807, 2.05) is 7.05 Å². The Morgan fingerprint density at radius 2 is 1.85 bits per heavy atom. The molecule has 0 bridgehead atoms. The van der Waals surface area contributed by atoms with Crippen molar-refractivity contribution in [1.29, 1.82) is 0 Å². The number of benzene rings is 2. The fourth-order valence-electron chi connectivity index (χ4n) is 4.82. The number of nitrogens with one attached hydrogen (secondary N) is 2. The summed E-state index contributed by atoms with van der Waals surface area (Å²) in [5.74, 6) is 0.453. The minimum absolute atomic E-state index is 0.265. The highest BCUT2D eigenvalue weighted by atomic mass is 32.2. The molecular formula is C22H28N2O2S. The summed E-state index contributed by atoms with van der Waals surface area (Å²) in [6.45, 7) is 0. The highest BCUT2D eigenvalue weighted by Crippen LogP contribution is 2.39. The Morgan fingerprint density at radius 3 is 2.48 bits per heavy atom. The predicted molar refractivity (Wildman–Crippen MR) is 110 cm³/mol. The second-order valence-corrected chi connectivity index (χ2v) is 8.85. The summed E-state index contributed by atoms with van der Waals surface area (Å²) >= 11 is 0. The molecule has 1 saturated carbocycles. The van der Waals surface area contributed by atoms with Crippen LogP contribution in [0.3, 0.4) is 0 Å². The summed E-state index contributed by atoms with van der Waals surface area (Å²) in [5.41, 5.74) is 5.19. The second kappa shape index (κ2) is 7.74. The molecule has 2 aliphatic carbocycles. The van der Waals surface area contributed by atoms with E-state index in [-0.39, 0.29) is 5.54 Å². The van der Waals surface area contributed by atoms with Crippen molar-refractivity contribution in [3.8, 4) is 0 Å². The lowest BCUT2D eigenvalue weighted by Gasteiger charge is -2.41. The molecule has 0 heterocycles. The van der Waals surface area contributed by atoms with Gasteiger partial charge in [0.05, 0.1) is 0 Å². The lowest BCUT2D eigenvalue weighted by Crippen LogP contribution is -2.51. The zero-order valence-electron chi connectivity index (χ0n) is 15.8. The summed E-state index contributed by atoms with van der Waals surface area (Å²) in [6.07, 6.45) is 5.82. The Kier molecular flexibility index (Phi) is 5.35. The molecule has 1 fully saturated rings. The molecule has 4 nitrogen and oxygen atoms in total. The Bertz CT molecular complexity index is 867. The van der Waals surface area contributed by atoms with E-state index in [0.29, 0.717) is 12.0 Å². The zero-order valence-corrected chi connectivity index (χ0v) is 16.7. The van der Waals surface area contributed by atoms with Gasteiger partial charge in [0.2, 0.25) is 10.9 Å². The van der Waals surface area contributed by atoms with Crippen LogP contribution >= 0.6 is 0 Å². The van der Waals surface area contributed by atoms with Gasteiger partial charge in [0.15, 0.2) is 0 Å². The van der Waals surface area contributed by atoms with Gasteiger partial charge in [-0.25, -0.2) is 13.1 Å². The molecule has 2 atom stereocenters. The molecule has 0 spiro atoms. The van der Waals surface area contributed by atoms with Gasteiger partial charge < -0.3 is 5.32 Å². The lowest BCUT2D eigenvalue weighted by atomic mass is 9.73. The van der Waals surface area contributed by atoms with Gasteiger partial charge in [0, 0.05) is 17.5 Å². The zero-order chi connectivity index (χ0) is 18.9. The van der Waals surface area contributed by atoms with Crippen LogP contribution in [0.1, 0.15) is 47.4 Å². The maximum atomic E-state index is 11.2. The smallest absolute Gasteiger partial charge is 0.201 e. The third-order valence-corrected chi connectivity index (χ3v) is 7.04. The number of hydrogen-bond acceptors (Lipinski definition) is 3. The van der Waals surface area contributed by atoms with Crippen LogP contribution in [0.4, 0.5) is 0 Å². The molecule has 2 aromatic carbocycles. The normalized spacial score (nSPS) is 23.2. The van der Waals surface area contributed by atoms with Crippen molar-refractivity contribution in [3.05, 3.63) is 70.8 Å². The molecule has 2 unspecified atom stereocenters. The minimum Gasteiger partial charge on any atom is -0.316 e. The van der Waals surface area contributed by atoms with Crippen LogP contribution in [0.5, 0.6) is 0 Å². The van der Waals surface area contributed by atoms with Crippen molar-refractivity contribution >= 4 is 10.9 Å². The average Bonchev–Trinajstić information content (AvgIpc) is 2.97. The van der Waals surface area contributed by atoms with E-state index in [9.17, 15) is 8.42 Å². The van der Waals surface area contributed by atoms with E-state index in [1.165, 1.54) is 22.3 Å². The standard InChI is InChI=1S/C22H28N2O2S/c1-23-21-14-18-9-8-17(15-22(10-5-11-22)24-27(25)26)13-19(18)20(21)12-16-6-3-2-4-7-16/h2-4,6-9,13,20-21,23,27H,5,10-12,14-15H2,1H3,(H,24,25,26). The Balaban J connectivity index is 1.59. The van der Waals surface area contributed by atoms with Crippen molar-refractivity contribution < 1.29 is 8.42 Å². The Morgan fingerprint density at radius 1 is 1.07 bits per heavy atom. The van der Waals surface area contributed by atoms with Crippen molar-refractivity contribution in [2.24, 2.45) is 0 Å². The fraction of sp³-hybridized carbons (Fsp3) is 0.455. The molecule has 2 aliphatic rings. The second-order valence-electron chi connectivity index (χ2n) is 8.11. The first-order chi connectivity index (χ1) is 13.1. The van der Waals surface area contributed by atoms with E-state index in [0.717, 1.165) is 38.5 Å². The number of rotatable bonds is 7. The van der Waals surface area contributed by atoms with Gasteiger partial charge >= 0.3 is 0 Å². The van der Waals surface area contributed by atoms with E-state index in [2.05, 4.69) is 58.6 Å². The molecule has 0 radical (unpaired) electrons. The van der Waals surface area contributed by atoms with E-state index in [1.54, 1.807) is 0 Å². The van der Waals surface area contributed by atoms with E-state index >= 15 is 0 Å². The third-order valence-electron chi connectivity index (χ3n) is 6.39. The average molecular weight is 385 g/mol. The van der Waals surface area contributed by atoms with Gasteiger partial charge in [-0.1, -0.05) is 48.5 Å². The molecule has 144 valence electrons. The molecule has 0 aliphatic heterocycles. The highest BCUT2D eigenvalue weighted by Gasteiger charge is 2.38. The molecule has 0 aromatic heterocycles.